The largest absolute Gasteiger partial charge is 0.324 e. The summed E-state index contributed by atoms with van der Waals surface area (Å²) >= 11 is 3.35. The molecule has 0 heterocycles. The van der Waals surface area contributed by atoms with E-state index in [2.05, 4.69) is 21.2 Å². The van der Waals surface area contributed by atoms with Crippen molar-refractivity contribution in [3.63, 3.8) is 0 Å². The van der Waals surface area contributed by atoms with Gasteiger partial charge in [-0.3, -0.25) is 4.79 Å². The van der Waals surface area contributed by atoms with E-state index in [0.29, 0.717) is 12.1 Å². The van der Waals surface area contributed by atoms with E-state index < -0.39 is 5.92 Å². The first kappa shape index (κ1) is 12.7. The van der Waals surface area contributed by atoms with Crippen molar-refractivity contribution in [2.75, 3.05) is 5.32 Å². The predicted molar refractivity (Wildman–Crippen MR) is 66.9 cm³/mol. The Kier molecular flexibility index (Phi) is 4.51. The Labute approximate surface area is 104 Å². The Morgan fingerprint density at radius 2 is 2.31 bits per heavy atom. The van der Waals surface area contributed by atoms with Crippen LogP contribution in [0.15, 0.2) is 22.7 Å². The highest BCUT2D eigenvalue weighted by Crippen LogP contribution is 2.24. The lowest BCUT2D eigenvalue weighted by Crippen LogP contribution is -2.21. The molecule has 0 spiro atoms. The number of hydrogen-bond donors (Lipinski definition) is 1. The number of anilines is 1. The fraction of sp³-hybridized carbons (Fsp3) is 0.333. The zero-order valence-corrected chi connectivity index (χ0v) is 10.8. The Bertz CT molecular complexity index is 437. The number of carbonyl (C=O) groups excluding carboxylic acids is 1. The average Bonchev–Trinajstić information content (AvgIpc) is 2.25. The van der Waals surface area contributed by atoms with Crippen LogP contribution in [0.5, 0.6) is 0 Å². The zero-order valence-electron chi connectivity index (χ0n) is 9.25. The molecule has 4 heteroatoms. The molecule has 3 nitrogen and oxygen atoms in total. The van der Waals surface area contributed by atoms with E-state index in [0.717, 1.165) is 10.0 Å². The Hall–Kier alpha value is -1.34. The summed E-state index contributed by atoms with van der Waals surface area (Å²) in [6, 6.07) is 7.66. The summed E-state index contributed by atoms with van der Waals surface area (Å²) in [6.45, 7) is 3.77. The van der Waals surface area contributed by atoms with Gasteiger partial charge in [-0.15, -0.1) is 0 Å². The van der Waals surface area contributed by atoms with Crippen molar-refractivity contribution in [3.8, 4) is 6.07 Å². The van der Waals surface area contributed by atoms with Crippen molar-refractivity contribution < 1.29 is 4.79 Å². The minimum atomic E-state index is -0.590. The van der Waals surface area contributed by atoms with Crippen molar-refractivity contribution in [1.82, 2.24) is 0 Å². The molecule has 1 atom stereocenters. The van der Waals surface area contributed by atoms with Crippen LogP contribution in [0.3, 0.4) is 0 Å². The number of amides is 1. The highest BCUT2D eigenvalue weighted by Gasteiger charge is 2.16. The van der Waals surface area contributed by atoms with Gasteiger partial charge in [0.2, 0.25) is 5.91 Å². The van der Waals surface area contributed by atoms with Crippen LogP contribution in [0.25, 0.3) is 0 Å². The summed E-state index contributed by atoms with van der Waals surface area (Å²) in [5.41, 5.74) is 1.77. The molecule has 0 aliphatic rings. The van der Waals surface area contributed by atoms with Crippen molar-refractivity contribution in [1.29, 1.82) is 5.26 Å². The zero-order chi connectivity index (χ0) is 12.1. The van der Waals surface area contributed by atoms with Gasteiger partial charge in [0.1, 0.15) is 5.92 Å². The lowest BCUT2D eigenvalue weighted by molar-refractivity contribution is -0.118. The lowest BCUT2D eigenvalue weighted by Gasteiger charge is -2.10. The molecular formula is C12H13BrN2O. The van der Waals surface area contributed by atoms with Crippen molar-refractivity contribution in [3.05, 3.63) is 28.2 Å². The summed E-state index contributed by atoms with van der Waals surface area (Å²) in [4.78, 5) is 11.7. The molecule has 1 amide bonds. The van der Waals surface area contributed by atoms with Crippen LogP contribution in [0.1, 0.15) is 18.9 Å². The first-order valence-corrected chi connectivity index (χ1v) is 5.84. The number of carbonyl (C=O) groups is 1. The molecule has 84 valence electrons. The number of benzene rings is 1. The van der Waals surface area contributed by atoms with Crippen LogP contribution in [-0.4, -0.2) is 5.91 Å². The fourth-order valence-electron chi connectivity index (χ4n) is 1.29. The Morgan fingerprint density at radius 1 is 1.62 bits per heavy atom. The van der Waals surface area contributed by atoms with Gasteiger partial charge in [0.15, 0.2) is 0 Å². The van der Waals surface area contributed by atoms with E-state index in [9.17, 15) is 4.79 Å². The second-order valence-corrected chi connectivity index (χ2v) is 4.42. The van der Waals surface area contributed by atoms with Crippen LogP contribution < -0.4 is 5.32 Å². The van der Waals surface area contributed by atoms with Crippen LogP contribution in [0.2, 0.25) is 0 Å². The van der Waals surface area contributed by atoms with Crippen molar-refractivity contribution in [2.24, 2.45) is 5.92 Å². The smallest absolute Gasteiger partial charge is 0.241 e. The van der Waals surface area contributed by atoms with Crippen LogP contribution in [0.4, 0.5) is 5.69 Å². The third-order valence-corrected chi connectivity index (χ3v) is 2.95. The van der Waals surface area contributed by atoms with E-state index in [4.69, 9.17) is 5.26 Å². The van der Waals surface area contributed by atoms with Crippen molar-refractivity contribution in [2.45, 2.75) is 20.3 Å². The third kappa shape index (κ3) is 3.07. The van der Waals surface area contributed by atoms with Gasteiger partial charge in [0.05, 0.1) is 11.8 Å². The number of nitrogens with zero attached hydrogens (tertiary/aromatic N) is 1. The molecule has 0 aromatic heterocycles. The van der Waals surface area contributed by atoms with Crippen LogP contribution in [0, 0.1) is 24.2 Å². The summed E-state index contributed by atoms with van der Waals surface area (Å²) < 4.78 is 0.819. The quantitative estimate of drug-likeness (QED) is 0.924. The van der Waals surface area contributed by atoms with Crippen LogP contribution in [-0.2, 0) is 4.79 Å². The topological polar surface area (TPSA) is 52.9 Å². The normalized spacial score (nSPS) is 11.6. The minimum absolute atomic E-state index is 0.253. The second-order valence-electron chi connectivity index (χ2n) is 3.56. The number of aryl methyl sites for hydroxylation is 1. The average molecular weight is 281 g/mol. The van der Waals surface area contributed by atoms with Gasteiger partial charge < -0.3 is 5.32 Å². The van der Waals surface area contributed by atoms with E-state index in [-0.39, 0.29) is 5.91 Å². The molecule has 0 radical (unpaired) electrons. The van der Waals surface area contributed by atoms with Gasteiger partial charge in [0.25, 0.3) is 0 Å². The first-order valence-electron chi connectivity index (χ1n) is 5.05. The molecule has 1 N–H and O–H groups in total. The number of rotatable bonds is 3. The Morgan fingerprint density at radius 3 is 2.88 bits per heavy atom. The summed E-state index contributed by atoms with van der Waals surface area (Å²) in [6.07, 6.45) is 0.520. The maximum absolute atomic E-state index is 11.7. The SMILES string of the molecule is CCC(C#N)C(=O)Nc1cc(C)ccc1Br. The van der Waals surface area contributed by atoms with E-state index in [1.54, 1.807) is 0 Å². The van der Waals surface area contributed by atoms with E-state index >= 15 is 0 Å². The molecule has 1 aromatic carbocycles. The first-order chi connectivity index (χ1) is 7.58. The molecule has 0 aliphatic heterocycles. The molecule has 1 rings (SSSR count). The molecule has 1 unspecified atom stereocenters. The lowest BCUT2D eigenvalue weighted by atomic mass is 10.1. The van der Waals surface area contributed by atoms with Gasteiger partial charge in [-0.2, -0.15) is 5.26 Å². The molecule has 0 aliphatic carbocycles. The van der Waals surface area contributed by atoms with Crippen LogP contribution >= 0.6 is 15.9 Å². The predicted octanol–water partition coefficient (Wildman–Crippen LogP) is 3.25. The standard InChI is InChI=1S/C12H13BrN2O/c1-3-9(7-14)12(16)15-11-6-8(2)4-5-10(11)13/h4-6,9H,3H2,1-2H3,(H,15,16). The second kappa shape index (κ2) is 5.66. The van der Waals surface area contributed by atoms with Gasteiger partial charge in [-0.25, -0.2) is 0 Å². The monoisotopic (exact) mass is 280 g/mol. The van der Waals surface area contributed by atoms with Crippen molar-refractivity contribution >= 4 is 27.5 Å². The van der Waals surface area contributed by atoms with Gasteiger partial charge in [0, 0.05) is 4.47 Å². The van der Waals surface area contributed by atoms with Gasteiger partial charge >= 0.3 is 0 Å². The maximum Gasteiger partial charge on any atom is 0.241 e. The Balaban J connectivity index is 2.85. The fourth-order valence-corrected chi connectivity index (χ4v) is 1.64. The van der Waals surface area contributed by atoms with E-state index in [1.165, 1.54) is 0 Å². The number of hydrogen-bond acceptors (Lipinski definition) is 2. The number of nitriles is 1. The number of halogens is 1. The molecule has 1 aromatic rings. The summed E-state index contributed by atoms with van der Waals surface area (Å²) in [7, 11) is 0. The molecule has 0 bridgehead atoms. The molecule has 0 saturated carbocycles. The van der Waals surface area contributed by atoms with E-state index in [1.807, 2.05) is 38.1 Å². The maximum atomic E-state index is 11.7. The highest BCUT2D eigenvalue weighted by molar-refractivity contribution is 9.10. The molecule has 0 saturated heterocycles. The van der Waals surface area contributed by atoms with Gasteiger partial charge in [-0.05, 0) is 47.0 Å². The molecule has 16 heavy (non-hydrogen) atoms. The summed E-state index contributed by atoms with van der Waals surface area (Å²) in [5.74, 6) is -0.844. The summed E-state index contributed by atoms with van der Waals surface area (Å²) in [5, 5.41) is 11.5. The third-order valence-electron chi connectivity index (χ3n) is 2.26. The highest BCUT2D eigenvalue weighted by atomic mass is 79.9. The number of nitrogens with one attached hydrogen (secondary N) is 1. The molecular weight excluding hydrogens is 268 g/mol. The minimum Gasteiger partial charge on any atom is -0.324 e. The molecule has 0 fully saturated rings. The van der Waals surface area contributed by atoms with Gasteiger partial charge in [-0.1, -0.05) is 13.0 Å².